The summed E-state index contributed by atoms with van der Waals surface area (Å²) in [6.45, 7) is 16.7. The Morgan fingerprint density at radius 1 is 0.318 bits per heavy atom. The fourth-order valence-electron chi connectivity index (χ4n) is 15.8. The number of pyridine rings is 5. The summed E-state index contributed by atoms with van der Waals surface area (Å²) in [6, 6.07) is 66.5. The molecule has 10 heterocycles. The third-order valence-electron chi connectivity index (χ3n) is 22.2. The molecule has 5 atom stereocenters. The summed E-state index contributed by atoms with van der Waals surface area (Å²) in [6.07, 6.45) is 19.8. The van der Waals surface area contributed by atoms with Crippen LogP contribution < -0.4 is 18.9 Å². The van der Waals surface area contributed by atoms with Crippen LogP contribution in [0.5, 0.6) is 0 Å². The SMILES string of the molecule is CCOC(=O)CC(C)c1cc2cncc(Br)c2s1.CCOC(=O)C[C@@H](C)c1cc2cncc(-c3ccc(C#N)c4ccccc34)c2s1.CCOC(=O)C[C@H](C)c1cc2cncc(-c3ccc(C#N)c4ccccc34)c2s1.C[C@@H](CC(=O)O)c1cc2cncc(-c3ccc(C#N)c4ccccc34)c2s1.C[C@H](CC(=O)O)c1cc2cncc(-c3ccc(C#N)c4ccccc34)c2s1.[Li+].[OH-]. The van der Waals surface area contributed by atoms with Crippen LogP contribution in [0.4, 0.5) is 0 Å². The van der Waals surface area contributed by atoms with Crippen LogP contribution in [0.3, 0.4) is 0 Å². The molecule has 8 aromatic carbocycles. The number of rotatable bonds is 22. The Hall–Kier alpha value is -13.3. The number of ether oxygens (including phenoxy) is 3. The molecule has 20 nitrogen and oxygen atoms in total. The van der Waals surface area contributed by atoms with Gasteiger partial charge in [-0.1, -0.05) is 156 Å². The molecule has 0 saturated heterocycles. The summed E-state index contributed by atoms with van der Waals surface area (Å²) >= 11 is 11.8. The second kappa shape index (κ2) is 45.0. The van der Waals surface area contributed by atoms with E-state index in [4.69, 9.17) is 24.4 Å². The van der Waals surface area contributed by atoms with Crippen molar-refractivity contribution in [3.8, 4) is 68.8 Å². The van der Waals surface area contributed by atoms with Gasteiger partial charge in [0.2, 0.25) is 0 Å². The van der Waals surface area contributed by atoms with Gasteiger partial charge in [0.15, 0.2) is 0 Å². The number of carboxylic acids is 2. The van der Waals surface area contributed by atoms with Crippen LogP contribution in [0, 0.1) is 45.3 Å². The summed E-state index contributed by atoms with van der Waals surface area (Å²) < 4.78 is 21.8. The van der Waals surface area contributed by atoms with Gasteiger partial charge in [-0.3, -0.25) is 48.9 Å². The number of carbonyl (C=O) groups excluding carboxylic acids is 3. The maximum atomic E-state index is 11.9. The molecule has 0 fully saturated rings. The van der Waals surface area contributed by atoms with Crippen molar-refractivity contribution >= 4 is 196 Å². The first-order valence-electron chi connectivity index (χ1n) is 42.1. The Morgan fingerprint density at radius 2 is 0.530 bits per heavy atom. The van der Waals surface area contributed by atoms with Crippen LogP contribution in [-0.4, -0.2) is 90.3 Å². The van der Waals surface area contributed by atoms with E-state index < -0.39 is 11.9 Å². The van der Waals surface area contributed by atoms with Crippen molar-refractivity contribution in [2.75, 3.05) is 19.8 Å². The van der Waals surface area contributed by atoms with E-state index >= 15 is 0 Å². The van der Waals surface area contributed by atoms with Crippen LogP contribution >= 0.6 is 72.6 Å². The predicted octanol–water partition coefficient (Wildman–Crippen LogP) is 24.2. The molecule has 18 rings (SSSR count). The Balaban J connectivity index is 0.000000150. The standard InChI is InChI=1S/2C24H20N2O2S.2C22H16N2O2S.C13H14BrNO2S.Li.H2O/c2*1-3-28-23(27)10-15(2)22-11-17-13-26-14-21(24(17)29-22)20-9-8-16(12-25)18-6-4-5-7-19(18)20;2*1-13(8-21(25)26)20-9-15-11-24-12-19(22(15)27-20)18-7-6-14(10-23)16-4-2-3-5-17(16)18;1-3-17-12(16)4-8(2)11-5-9-6-15-7-10(14)13(9)18-11;;/h2*4-9,11,13-15H,3,10H2,1-2H3;2*2-7,9,11-13H,8H2,1H3,(H,25,26);5-8H,3-4H2,1-2H3;;1H2/q;;;;;+1;/p-1/t2*15-;2*13-;;;/m1010.../s1. The van der Waals surface area contributed by atoms with Crippen molar-refractivity contribution in [3.63, 3.8) is 0 Å². The number of benzene rings is 8. The average Bonchev–Trinajstić information content (AvgIpc) is 1.50. The third kappa shape index (κ3) is 22.1. The van der Waals surface area contributed by atoms with E-state index in [9.17, 15) is 45.0 Å². The van der Waals surface area contributed by atoms with Gasteiger partial charge in [0.05, 0.1) is 108 Å². The van der Waals surface area contributed by atoms with Crippen molar-refractivity contribution in [2.24, 2.45) is 0 Å². The molecule has 0 bridgehead atoms. The van der Waals surface area contributed by atoms with Crippen molar-refractivity contribution in [1.29, 1.82) is 21.0 Å². The number of nitriles is 4. The monoisotopic (exact) mass is 1900 g/mol. The zero-order valence-corrected chi connectivity index (χ0v) is 79.3. The quantitative estimate of drug-likeness (QED) is 0.0361. The number of fused-ring (bicyclic) bond motifs is 9. The van der Waals surface area contributed by atoms with Crippen LogP contribution in [0.1, 0.15) is 164 Å². The first-order chi connectivity index (χ1) is 63.0. The molecule has 0 aliphatic rings. The van der Waals surface area contributed by atoms with Crippen molar-refractivity contribution in [2.45, 2.75) is 117 Å². The Labute approximate surface area is 802 Å². The van der Waals surface area contributed by atoms with E-state index in [0.717, 1.165) is 157 Å². The molecule has 18 aromatic rings. The minimum Gasteiger partial charge on any atom is -0.870 e. The van der Waals surface area contributed by atoms with Gasteiger partial charge in [0.1, 0.15) is 0 Å². The zero-order valence-electron chi connectivity index (χ0n) is 73.6. The first-order valence-corrected chi connectivity index (χ1v) is 47.0. The maximum absolute atomic E-state index is 11.9. The Bertz CT molecular complexity index is 7160. The second-order valence-electron chi connectivity index (χ2n) is 31.2. The second-order valence-corrected chi connectivity index (χ2v) is 37.5. The maximum Gasteiger partial charge on any atom is 1.00 e. The number of halogens is 1. The molecular formula is C105H87BrLiN9O11S5. The molecule has 132 heavy (non-hydrogen) atoms. The van der Waals surface area contributed by atoms with Crippen LogP contribution in [0.25, 0.3) is 138 Å². The van der Waals surface area contributed by atoms with Gasteiger partial charge in [-0.05, 0) is 135 Å². The number of hydrogen-bond donors (Lipinski definition) is 2. The number of carbonyl (C=O) groups is 5. The summed E-state index contributed by atoms with van der Waals surface area (Å²) in [4.78, 5) is 84.7. The topological polar surface area (TPSA) is 343 Å². The van der Waals surface area contributed by atoms with E-state index in [1.165, 1.54) is 9.58 Å². The van der Waals surface area contributed by atoms with Gasteiger partial charge in [-0.25, -0.2) is 0 Å². The van der Waals surface area contributed by atoms with Crippen LogP contribution in [0.2, 0.25) is 0 Å². The average molecular weight is 1900 g/mol. The molecule has 0 spiro atoms. The fraction of sp³-hybridized carbons (Fsp3) is 0.200. The molecule has 656 valence electrons. The number of hydrogen-bond acceptors (Lipinski definition) is 23. The summed E-state index contributed by atoms with van der Waals surface area (Å²) in [7, 11) is 0. The zero-order chi connectivity index (χ0) is 91.8. The number of esters is 3. The van der Waals surface area contributed by atoms with Crippen LogP contribution in [-0.2, 0) is 38.2 Å². The van der Waals surface area contributed by atoms with Gasteiger partial charge >= 0.3 is 48.7 Å². The van der Waals surface area contributed by atoms with E-state index in [2.05, 4.69) is 83.3 Å². The van der Waals surface area contributed by atoms with Gasteiger partial charge in [0.25, 0.3) is 0 Å². The minimum absolute atomic E-state index is 0. The molecule has 0 saturated carbocycles. The smallest absolute Gasteiger partial charge is 0.870 e. The van der Waals surface area contributed by atoms with E-state index in [-0.39, 0.29) is 84.7 Å². The summed E-state index contributed by atoms with van der Waals surface area (Å²) in [5.41, 5.74) is 10.9. The molecule has 10 aromatic heterocycles. The molecule has 0 aliphatic heterocycles. The number of nitrogens with zero attached hydrogens (tertiary/aromatic N) is 9. The minimum atomic E-state index is -0.795. The number of aliphatic carboxylic acids is 2. The van der Waals surface area contributed by atoms with Gasteiger partial charge in [0, 0.05) is 205 Å². The predicted molar refractivity (Wildman–Crippen MR) is 529 cm³/mol. The molecule has 0 amide bonds. The third-order valence-corrected chi connectivity index (χ3v) is 30.2. The number of thiophene rings is 5. The molecule has 27 heteroatoms. The van der Waals surface area contributed by atoms with Gasteiger partial charge < -0.3 is 29.9 Å². The molecule has 0 aliphatic carbocycles. The van der Waals surface area contributed by atoms with Gasteiger partial charge in [-0.15, -0.1) is 56.7 Å². The van der Waals surface area contributed by atoms with E-state index in [1.807, 2.05) is 269 Å². The number of aromatic nitrogens is 5. The van der Waals surface area contributed by atoms with Crippen molar-refractivity contribution in [3.05, 3.63) is 289 Å². The molecule has 1 unspecified atom stereocenters. The van der Waals surface area contributed by atoms with Crippen LogP contribution in [0.15, 0.2) is 242 Å². The molecule has 3 N–H and O–H groups in total. The van der Waals surface area contributed by atoms with Gasteiger partial charge in [-0.2, -0.15) is 21.0 Å². The van der Waals surface area contributed by atoms with E-state index in [0.29, 0.717) is 61.3 Å². The summed E-state index contributed by atoms with van der Waals surface area (Å²) in [5, 5.41) is 68.9. The van der Waals surface area contributed by atoms with Crippen molar-refractivity contribution < 1.29 is 72.7 Å². The van der Waals surface area contributed by atoms with Crippen molar-refractivity contribution in [1.82, 2.24) is 24.9 Å². The Morgan fingerprint density at radius 3 is 0.750 bits per heavy atom. The normalized spacial score (nSPS) is 12.0. The Kier molecular flexibility index (Phi) is 33.3. The first kappa shape index (κ1) is 97.7. The fourth-order valence-corrected chi connectivity index (χ4v) is 22.3. The summed E-state index contributed by atoms with van der Waals surface area (Å²) in [5.74, 6) is -1.84. The molecular weight excluding hydrogens is 1810 g/mol. The number of carboxylic acid groups (broad SMARTS) is 2. The molecule has 0 radical (unpaired) electrons. The van der Waals surface area contributed by atoms with E-state index in [1.54, 1.807) is 62.9 Å². The largest absolute Gasteiger partial charge is 1.00 e.